The smallest absolute Gasteiger partial charge is 0.119 e. The maximum absolute atomic E-state index is 13.8. The molecule has 0 saturated heterocycles. The number of rotatable bonds is 16. The number of ether oxygens (including phenoxy) is 2. The van der Waals surface area contributed by atoms with E-state index in [0.29, 0.717) is 18.9 Å². The van der Waals surface area contributed by atoms with Gasteiger partial charge in [-0.2, -0.15) is 3.89 Å². The van der Waals surface area contributed by atoms with Crippen LogP contribution in [0.3, 0.4) is 0 Å². The second kappa shape index (κ2) is 17.3. The summed E-state index contributed by atoms with van der Waals surface area (Å²) < 4.78 is 24.6. The highest BCUT2D eigenvalue weighted by atomic mass is 32.2. The number of aliphatic imine (C=N–C) groups is 1. The second-order valence-electron chi connectivity index (χ2n) is 8.71. The molecule has 0 aliphatic heterocycles. The minimum absolute atomic E-state index is 0.0889. The number of allylic oxidation sites excluding steroid dienone is 4. The number of nitrogens with one attached hydrogen (secondary N) is 1. The predicted molar refractivity (Wildman–Crippen MR) is 163 cm³/mol. The van der Waals surface area contributed by atoms with Gasteiger partial charge in [-0.1, -0.05) is 37.8 Å². The highest BCUT2D eigenvalue weighted by molar-refractivity contribution is 8.02. The maximum atomic E-state index is 13.8. The molecule has 0 heterocycles. The summed E-state index contributed by atoms with van der Waals surface area (Å²) in [5.41, 5.74) is 9.65. The quantitative estimate of drug-likeness (QED) is 0.127. The first-order chi connectivity index (χ1) is 17.7. The Morgan fingerprint density at radius 2 is 1.89 bits per heavy atom. The zero-order valence-corrected chi connectivity index (χ0v) is 24.8. The molecule has 1 aromatic carbocycles. The van der Waals surface area contributed by atoms with E-state index in [0.717, 1.165) is 40.3 Å². The highest BCUT2D eigenvalue weighted by Gasteiger charge is 2.24. The van der Waals surface area contributed by atoms with Crippen molar-refractivity contribution in [2.45, 2.75) is 46.1 Å². The zero-order valence-electron chi connectivity index (χ0n) is 23.2. The van der Waals surface area contributed by atoms with E-state index in [4.69, 9.17) is 20.2 Å². The van der Waals surface area contributed by atoms with Crippen molar-refractivity contribution in [2.24, 2.45) is 10.7 Å². The molecular weight excluding hydrogens is 505 g/mol. The number of thioether (sulfide) groups is 1. The molecule has 1 rings (SSSR count). The Labute approximate surface area is 231 Å². The van der Waals surface area contributed by atoms with E-state index in [2.05, 4.69) is 18.0 Å². The van der Waals surface area contributed by atoms with Gasteiger partial charge in [0.15, 0.2) is 0 Å². The van der Waals surface area contributed by atoms with Crippen LogP contribution in [0.15, 0.2) is 81.3 Å². The van der Waals surface area contributed by atoms with Crippen LogP contribution in [-0.4, -0.2) is 44.9 Å². The van der Waals surface area contributed by atoms with E-state index in [-0.39, 0.29) is 22.8 Å². The van der Waals surface area contributed by atoms with Crippen LogP contribution in [0.2, 0.25) is 0 Å². The van der Waals surface area contributed by atoms with Crippen molar-refractivity contribution >= 4 is 35.2 Å². The van der Waals surface area contributed by atoms with Crippen molar-refractivity contribution in [3.63, 3.8) is 0 Å². The van der Waals surface area contributed by atoms with Gasteiger partial charge in [-0.25, -0.2) is 4.99 Å². The third kappa shape index (κ3) is 10.6. The van der Waals surface area contributed by atoms with Gasteiger partial charge >= 0.3 is 0 Å². The van der Waals surface area contributed by atoms with Crippen LogP contribution in [0.1, 0.15) is 46.1 Å². The molecule has 37 heavy (non-hydrogen) atoms. The third-order valence-electron chi connectivity index (χ3n) is 5.64. The molecule has 0 radical (unpaired) electrons. The Morgan fingerprint density at radius 1 is 1.22 bits per heavy atom. The van der Waals surface area contributed by atoms with Crippen molar-refractivity contribution in [1.82, 2.24) is 5.32 Å². The number of halogens is 1. The molecule has 0 aliphatic carbocycles. The van der Waals surface area contributed by atoms with Crippen molar-refractivity contribution in [3.05, 3.63) is 81.9 Å². The van der Waals surface area contributed by atoms with Crippen LogP contribution in [0.5, 0.6) is 5.75 Å². The second-order valence-corrected chi connectivity index (χ2v) is 10.1. The number of hydrogen-bond acceptors (Lipinski definition) is 7. The average Bonchev–Trinajstić information content (AvgIpc) is 2.90. The van der Waals surface area contributed by atoms with Gasteiger partial charge in [0.05, 0.1) is 40.6 Å². The van der Waals surface area contributed by atoms with E-state index >= 15 is 0 Å². The van der Waals surface area contributed by atoms with Gasteiger partial charge in [-0.15, -0.1) is 11.8 Å². The first kappa shape index (κ1) is 32.8. The van der Waals surface area contributed by atoms with E-state index in [1.807, 2.05) is 71.3 Å². The summed E-state index contributed by atoms with van der Waals surface area (Å²) in [5, 5.41) is 3.34. The molecule has 0 bridgehead atoms. The van der Waals surface area contributed by atoms with Gasteiger partial charge < -0.3 is 20.5 Å². The van der Waals surface area contributed by atoms with Gasteiger partial charge in [0.1, 0.15) is 11.4 Å². The van der Waals surface area contributed by atoms with Crippen LogP contribution in [0, 0.1) is 0 Å². The summed E-state index contributed by atoms with van der Waals surface area (Å²) in [4.78, 5) is 6.21. The number of nitrogens with two attached hydrogens (primary N) is 1. The lowest BCUT2D eigenvalue weighted by atomic mass is 9.94. The fraction of sp³-hybridized carbons (Fsp3) is 0.414. The van der Waals surface area contributed by atoms with E-state index in [1.54, 1.807) is 13.2 Å². The van der Waals surface area contributed by atoms with Gasteiger partial charge in [0.25, 0.3) is 0 Å². The third-order valence-corrected chi connectivity index (χ3v) is 6.96. The molecule has 0 aromatic heterocycles. The molecular formula is C29H42FN3O2S2. The minimum atomic E-state index is -0.488. The molecule has 0 fully saturated rings. The minimum Gasteiger partial charge on any atom is -0.494 e. The van der Waals surface area contributed by atoms with Crippen LogP contribution in [0.25, 0.3) is 5.57 Å². The Kier molecular flexibility index (Phi) is 15.3. The molecule has 0 saturated carbocycles. The summed E-state index contributed by atoms with van der Waals surface area (Å²) in [7, 11) is 3.57. The molecule has 0 unspecified atom stereocenters. The molecule has 8 heteroatoms. The van der Waals surface area contributed by atoms with Gasteiger partial charge in [0.2, 0.25) is 0 Å². The summed E-state index contributed by atoms with van der Waals surface area (Å²) in [6.07, 6.45) is 10.8. The molecule has 0 aliphatic rings. The summed E-state index contributed by atoms with van der Waals surface area (Å²) >= 11 is 1.62. The van der Waals surface area contributed by atoms with Crippen molar-refractivity contribution < 1.29 is 13.4 Å². The fourth-order valence-electron chi connectivity index (χ4n) is 3.19. The first-order valence-corrected chi connectivity index (χ1v) is 14.2. The Balaban J connectivity index is 3.61. The lowest BCUT2D eigenvalue weighted by Gasteiger charge is -2.26. The zero-order chi connectivity index (χ0) is 27.8. The van der Waals surface area contributed by atoms with Crippen LogP contribution >= 0.6 is 23.9 Å². The number of methoxy groups -OCH3 is 1. The van der Waals surface area contributed by atoms with E-state index < -0.39 is 5.54 Å². The largest absolute Gasteiger partial charge is 0.494 e. The van der Waals surface area contributed by atoms with Crippen LogP contribution in [-0.2, 0) is 4.74 Å². The maximum Gasteiger partial charge on any atom is 0.119 e. The van der Waals surface area contributed by atoms with Crippen molar-refractivity contribution in [1.29, 1.82) is 0 Å². The van der Waals surface area contributed by atoms with Crippen LogP contribution < -0.4 is 15.8 Å². The predicted octanol–water partition coefficient (Wildman–Crippen LogP) is 7.46. The molecule has 0 atom stereocenters. The molecule has 3 N–H and O–H groups in total. The Hall–Kier alpha value is -2.26. The number of hydrogen-bond donors (Lipinski definition) is 2. The summed E-state index contributed by atoms with van der Waals surface area (Å²) in [5.74, 6) is 0.815. The monoisotopic (exact) mass is 547 g/mol. The lowest BCUT2D eigenvalue weighted by molar-refractivity contribution is 0.172. The SMILES string of the molecule is C=C/C=C(SF)/C(N)=C(/N=C(/C=C(\C)c1ccc(OCCCOC)cc1)C(C)(C)NC)C(=C\CC)\SC. The normalized spacial score (nSPS) is 14.5. The average molecular weight is 548 g/mol. The van der Waals surface area contributed by atoms with E-state index in [9.17, 15) is 3.89 Å². The highest BCUT2D eigenvalue weighted by Crippen LogP contribution is 2.33. The molecule has 204 valence electrons. The van der Waals surface area contributed by atoms with Crippen LogP contribution in [0.4, 0.5) is 3.89 Å². The summed E-state index contributed by atoms with van der Waals surface area (Å²) in [6, 6.07) is 7.98. The topological polar surface area (TPSA) is 68.9 Å². The molecule has 0 spiro atoms. The van der Waals surface area contributed by atoms with Gasteiger partial charge in [-0.3, -0.25) is 0 Å². The van der Waals surface area contributed by atoms with E-state index in [1.165, 1.54) is 17.8 Å². The van der Waals surface area contributed by atoms with Gasteiger partial charge in [-0.05, 0) is 75.9 Å². The standard InChI is InChI=1S/C29H42FN3O2S2/c1-9-12-24(37-30)27(31)28(25(36-8)13-10-2)33-26(29(4,5)32-6)20-21(3)22-14-16-23(17-15-22)35-19-11-18-34-7/h9,12-17,20,32H,1,10-11,18-19,31H2,2-8H3/b21-20+,24-12-,25-13-,28-27-,33-26-. The van der Waals surface area contributed by atoms with Crippen molar-refractivity contribution in [3.8, 4) is 5.75 Å². The lowest BCUT2D eigenvalue weighted by Crippen LogP contribution is -2.44. The van der Waals surface area contributed by atoms with Gasteiger partial charge in [0, 0.05) is 25.0 Å². The Bertz CT molecular complexity index is 1030. The Morgan fingerprint density at radius 3 is 2.41 bits per heavy atom. The number of benzene rings is 1. The number of nitrogens with zero attached hydrogens (tertiary/aromatic N) is 1. The first-order valence-electron chi connectivity index (χ1n) is 12.2. The molecule has 0 amide bonds. The van der Waals surface area contributed by atoms with Crippen molar-refractivity contribution in [2.75, 3.05) is 33.6 Å². The fourth-order valence-corrected chi connectivity index (χ4v) is 4.20. The molecule has 1 aromatic rings. The summed E-state index contributed by atoms with van der Waals surface area (Å²) in [6.45, 7) is 13.1. The molecule has 5 nitrogen and oxygen atoms in total.